The van der Waals surface area contributed by atoms with Gasteiger partial charge < -0.3 is 20.3 Å². The molecule has 2 aromatic rings. The van der Waals surface area contributed by atoms with Crippen LogP contribution in [0.3, 0.4) is 0 Å². The zero-order chi connectivity index (χ0) is 21.7. The van der Waals surface area contributed by atoms with E-state index in [1.54, 1.807) is 0 Å². The highest BCUT2D eigenvalue weighted by molar-refractivity contribution is 5.85. The molecule has 2 N–H and O–H groups in total. The predicted octanol–water partition coefficient (Wildman–Crippen LogP) is 2.85. The summed E-state index contributed by atoms with van der Waals surface area (Å²) in [6.45, 7) is 6.81. The van der Waals surface area contributed by atoms with Gasteiger partial charge in [-0.3, -0.25) is 4.79 Å². The van der Waals surface area contributed by atoms with Gasteiger partial charge in [-0.1, -0.05) is 60.7 Å². The quantitative estimate of drug-likeness (QED) is 0.456. The van der Waals surface area contributed by atoms with E-state index < -0.39 is 0 Å². The highest BCUT2D eigenvalue weighted by atomic mass is 16.5. The first-order valence-corrected chi connectivity index (χ1v) is 11.2. The molecule has 0 aliphatic carbocycles. The predicted molar refractivity (Wildman–Crippen MR) is 125 cm³/mol. The lowest BCUT2D eigenvalue weighted by Crippen LogP contribution is -2.41. The fourth-order valence-electron chi connectivity index (χ4n) is 3.70. The van der Waals surface area contributed by atoms with Crippen LogP contribution in [0.15, 0.2) is 65.7 Å². The third kappa shape index (κ3) is 8.06. The van der Waals surface area contributed by atoms with Crippen molar-refractivity contribution in [3.8, 4) is 0 Å². The van der Waals surface area contributed by atoms with E-state index in [0.717, 1.165) is 45.0 Å². The smallest absolute Gasteiger partial charge is 0.241 e. The van der Waals surface area contributed by atoms with E-state index in [1.165, 1.54) is 11.1 Å². The number of amides is 1. The molecule has 1 atom stereocenters. The third-order valence-corrected chi connectivity index (χ3v) is 5.34. The second kappa shape index (κ2) is 12.7. The van der Waals surface area contributed by atoms with Gasteiger partial charge in [0, 0.05) is 32.1 Å². The monoisotopic (exact) mass is 422 g/mol. The van der Waals surface area contributed by atoms with E-state index in [9.17, 15) is 4.79 Å². The summed E-state index contributed by atoms with van der Waals surface area (Å²) >= 11 is 0. The van der Waals surface area contributed by atoms with Gasteiger partial charge in [0.05, 0.1) is 13.2 Å². The normalized spacial score (nSPS) is 16.4. The third-order valence-electron chi connectivity index (χ3n) is 5.34. The van der Waals surface area contributed by atoms with Gasteiger partial charge in [0.2, 0.25) is 5.91 Å². The van der Waals surface area contributed by atoms with Crippen LogP contribution in [0.1, 0.15) is 24.5 Å². The number of aliphatic imine (C=N–C) groups is 1. The zero-order valence-corrected chi connectivity index (χ0v) is 18.4. The van der Waals surface area contributed by atoms with Crippen molar-refractivity contribution in [2.24, 2.45) is 10.9 Å². The van der Waals surface area contributed by atoms with Crippen LogP contribution in [0.25, 0.3) is 0 Å². The van der Waals surface area contributed by atoms with Gasteiger partial charge in [-0.15, -0.1) is 0 Å². The number of hydrogen-bond donors (Lipinski definition) is 2. The molecule has 3 rings (SSSR count). The van der Waals surface area contributed by atoms with Crippen LogP contribution in [-0.4, -0.2) is 56.1 Å². The molecular weight excluding hydrogens is 388 g/mol. The molecule has 1 fully saturated rings. The second-order valence-corrected chi connectivity index (χ2v) is 7.86. The molecule has 1 amide bonds. The molecule has 0 saturated carbocycles. The molecule has 6 nitrogen and oxygen atoms in total. The number of guanidine groups is 1. The van der Waals surface area contributed by atoms with Crippen LogP contribution in [0.4, 0.5) is 0 Å². The van der Waals surface area contributed by atoms with Gasteiger partial charge >= 0.3 is 0 Å². The lowest BCUT2D eigenvalue weighted by atomic mass is 10.1. The van der Waals surface area contributed by atoms with Gasteiger partial charge in [-0.2, -0.15) is 0 Å². The Morgan fingerprint density at radius 2 is 1.77 bits per heavy atom. The van der Waals surface area contributed by atoms with Crippen molar-refractivity contribution >= 4 is 11.9 Å². The summed E-state index contributed by atoms with van der Waals surface area (Å²) in [4.78, 5) is 19.0. The van der Waals surface area contributed by atoms with E-state index >= 15 is 0 Å². The van der Waals surface area contributed by atoms with Crippen LogP contribution < -0.4 is 10.6 Å². The highest BCUT2D eigenvalue weighted by Gasteiger charge is 2.25. The number of nitrogens with one attached hydrogen (secondary N) is 2. The minimum absolute atomic E-state index is 0.0479. The number of carbonyl (C=O) groups is 1. The molecule has 1 saturated heterocycles. The standard InChI is InChI=1S/C25H34N4O2/c1-2-26-25(28-17-24(30)27-15-13-21-9-5-3-6-10-21)29-16-14-23(18-29)20-31-19-22-11-7-4-8-12-22/h3-12,23H,2,13-20H2,1H3,(H,26,28)(H,27,30). The number of ether oxygens (including phenoxy) is 1. The van der Waals surface area contributed by atoms with Gasteiger partial charge in [0.25, 0.3) is 0 Å². The van der Waals surface area contributed by atoms with E-state index in [2.05, 4.69) is 44.8 Å². The van der Waals surface area contributed by atoms with Crippen molar-refractivity contribution in [2.45, 2.75) is 26.4 Å². The summed E-state index contributed by atoms with van der Waals surface area (Å²) in [5.41, 5.74) is 2.42. The van der Waals surface area contributed by atoms with Crippen LogP contribution in [-0.2, 0) is 22.6 Å². The van der Waals surface area contributed by atoms with Crippen molar-refractivity contribution in [3.63, 3.8) is 0 Å². The number of rotatable bonds is 10. The van der Waals surface area contributed by atoms with Crippen molar-refractivity contribution in [3.05, 3.63) is 71.8 Å². The summed E-state index contributed by atoms with van der Waals surface area (Å²) < 4.78 is 5.92. The topological polar surface area (TPSA) is 66.0 Å². The van der Waals surface area contributed by atoms with Gasteiger partial charge in [-0.25, -0.2) is 4.99 Å². The minimum Gasteiger partial charge on any atom is -0.376 e. The second-order valence-electron chi connectivity index (χ2n) is 7.86. The first-order valence-electron chi connectivity index (χ1n) is 11.2. The van der Waals surface area contributed by atoms with E-state index in [4.69, 9.17) is 4.74 Å². The van der Waals surface area contributed by atoms with Gasteiger partial charge in [-0.05, 0) is 30.9 Å². The number of hydrogen-bond acceptors (Lipinski definition) is 3. The molecule has 0 aromatic heterocycles. The SMILES string of the molecule is CCNC(=NCC(=O)NCCc1ccccc1)N1CCC(COCc2ccccc2)C1. The lowest BCUT2D eigenvalue weighted by molar-refractivity contribution is -0.119. The Kier molecular flexibility index (Phi) is 9.38. The Bertz CT molecular complexity index is 811. The van der Waals surface area contributed by atoms with E-state index in [-0.39, 0.29) is 12.5 Å². The van der Waals surface area contributed by atoms with Crippen LogP contribution in [0.2, 0.25) is 0 Å². The van der Waals surface area contributed by atoms with Gasteiger partial charge in [0.15, 0.2) is 5.96 Å². The maximum atomic E-state index is 12.2. The number of carbonyl (C=O) groups excluding carboxylic acids is 1. The fourth-order valence-corrected chi connectivity index (χ4v) is 3.70. The molecule has 0 bridgehead atoms. The van der Waals surface area contributed by atoms with E-state index in [1.807, 2.05) is 43.3 Å². The van der Waals surface area contributed by atoms with Crippen LogP contribution in [0, 0.1) is 5.92 Å². The largest absolute Gasteiger partial charge is 0.376 e. The van der Waals surface area contributed by atoms with Crippen LogP contribution in [0.5, 0.6) is 0 Å². The average molecular weight is 423 g/mol. The molecule has 166 valence electrons. The summed E-state index contributed by atoms with van der Waals surface area (Å²) in [6.07, 6.45) is 1.90. The molecule has 2 aromatic carbocycles. The number of likely N-dealkylation sites (tertiary alicyclic amines) is 1. The van der Waals surface area contributed by atoms with Gasteiger partial charge in [0.1, 0.15) is 6.54 Å². The number of nitrogens with zero attached hydrogens (tertiary/aromatic N) is 2. The molecule has 1 aliphatic rings. The first-order chi connectivity index (χ1) is 15.2. The maximum Gasteiger partial charge on any atom is 0.241 e. The molecule has 1 heterocycles. The number of benzene rings is 2. The molecular formula is C25H34N4O2. The maximum absolute atomic E-state index is 12.2. The van der Waals surface area contributed by atoms with Crippen LogP contribution >= 0.6 is 0 Å². The molecule has 0 spiro atoms. The Morgan fingerprint density at radius 1 is 1.06 bits per heavy atom. The Morgan fingerprint density at radius 3 is 2.48 bits per heavy atom. The highest BCUT2D eigenvalue weighted by Crippen LogP contribution is 2.17. The summed E-state index contributed by atoms with van der Waals surface area (Å²) in [5.74, 6) is 1.24. The summed E-state index contributed by atoms with van der Waals surface area (Å²) in [5, 5.41) is 6.28. The lowest BCUT2D eigenvalue weighted by Gasteiger charge is -2.21. The molecule has 31 heavy (non-hydrogen) atoms. The fraction of sp³-hybridized carbons (Fsp3) is 0.440. The van der Waals surface area contributed by atoms with E-state index in [0.29, 0.717) is 19.1 Å². The summed E-state index contributed by atoms with van der Waals surface area (Å²) in [6, 6.07) is 20.4. The minimum atomic E-state index is -0.0479. The Hall–Kier alpha value is -2.86. The summed E-state index contributed by atoms with van der Waals surface area (Å²) in [7, 11) is 0. The Labute approximate surface area is 185 Å². The Balaban J connectivity index is 1.39. The van der Waals surface area contributed by atoms with Crippen molar-refractivity contribution in [2.75, 3.05) is 39.3 Å². The van der Waals surface area contributed by atoms with Crippen molar-refractivity contribution in [1.29, 1.82) is 0 Å². The zero-order valence-electron chi connectivity index (χ0n) is 18.4. The molecule has 6 heteroatoms. The molecule has 0 radical (unpaired) electrons. The molecule has 1 aliphatic heterocycles. The molecule has 1 unspecified atom stereocenters. The van der Waals surface area contributed by atoms with Crippen molar-refractivity contribution in [1.82, 2.24) is 15.5 Å². The first kappa shape index (κ1) is 22.8. The average Bonchev–Trinajstić information content (AvgIpc) is 3.27. The van der Waals surface area contributed by atoms with Crippen molar-refractivity contribution < 1.29 is 9.53 Å².